The summed E-state index contributed by atoms with van der Waals surface area (Å²) in [5, 5.41) is 3.22. The number of rotatable bonds is 5. The zero-order chi connectivity index (χ0) is 12.8. The maximum Gasteiger partial charge on any atom is 0.321 e. The van der Waals surface area contributed by atoms with Gasteiger partial charge in [-0.25, -0.2) is 9.97 Å². The largest absolute Gasteiger partial charge is 0.424 e. The SMILES string of the molecule is CCNCc1cnc(Oc2ccc(I)cc2)nc1. The summed E-state index contributed by atoms with van der Waals surface area (Å²) in [6.07, 6.45) is 3.55. The second-order valence-electron chi connectivity index (χ2n) is 3.71. The van der Waals surface area contributed by atoms with E-state index in [0.717, 1.165) is 24.4 Å². The molecule has 18 heavy (non-hydrogen) atoms. The van der Waals surface area contributed by atoms with Gasteiger partial charge in [-0.2, -0.15) is 0 Å². The molecule has 0 fully saturated rings. The van der Waals surface area contributed by atoms with E-state index in [1.54, 1.807) is 12.4 Å². The number of hydrogen-bond donors (Lipinski definition) is 1. The Balaban J connectivity index is 1.99. The average Bonchev–Trinajstić information content (AvgIpc) is 2.41. The molecule has 4 nitrogen and oxygen atoms in total. The highest BCUT2D eigenvalue weighted by Gasteiger charge is 2.00. The van der Waals surface area contributed by atoms with Gasteiger partial charge in [-0.05, 0) is 53.4 Å². The van der Waals surface area contributed by atoms with E-state index in [1.165, 1.54) is 3.57 Å². The molecule has 0 bridgehead atoms. The van der Waals surface area contributed by atoms with Crippen LogP contribution in [0.2, 0.25) is 0 Å². The van der Waals surface area contributed by atoms with Gasteiger partial charge in [0.2, 0.25) is 0 Å². The van der Waals surface area contributed by atoms with Crippen LogP contribution in [-0.2, 0) is 6.54 Å². The second kappa shape index (κ2) is 6.65. The van der Waals surface area contributed by atoms with Crippen molar-refractivity contribution in [3.8, 4) is 11.8 Å². The van der Waals surface area contributed by atoms with E-state index in [2.05, 4.69) is 44.8 Å². The Morgan fingerprint density at radius 1 is 1.17 bits per heavy atom. The van der Waals surface area contributed by atoms with Crippen LogP contribution in [0.25, 0.3) is 0 Å². The molecule has 94 valence electrons. The highest BCUT2D eigenvalue weighted by Crippen LogP contribution is 2.18. The first-order valence-electron chi connectivity index (χ1n) is 5.73. The van der Waals surface area contributed by atoms with Crippen LogP contribution in [0.15, 0.2) is 36.7 Å². The standard InChI is InChI=1S/C13H14IN3O/c1-2-15-7-10-8-16-13(17-9-10)18-12-5-3-11(14)4-6-12/h3-6,8-9,15H,2,7H2,1H3. The summed E-state index contributed by atoms with van der Waals surface area (Å²) < 4.78 is 6.72. The molecule has 0 aliphatic carbocycles. The third-order valence-electron chi connectivity index (χ3n) is 2.28. The van der Waals surface area contributed by atoms with Crippen LogP contribution in [0.3, 0.4) is 0 Å². The lowest BCUT2D eigenvalue weighted by Gasteiger charge is -2.05. The molecule has 1 aromatic heterocycles. The number of ether oxygens (including phenoxy) is 1. The van der Waals surface area contributed by atoms with Gasteiger partial charge in [0.1, 0.15) is 5.75 Å². The molecule has 0 saturated heterocycles. The molecule has 0 saturated carbocycles. The molecule has 2 rings (SSSR count). The molecule has 1 N–H and O–H groups in total. The number of aromatic nitrogens is 2. The van der Waals surface area contributed by atoms with Crippen molar-refractivity contribution in [2.24, 2.45) is 0 Å². The van der Waals surface area contributed by atoms with Gasteiger partial charge in [-0.15, -0.1) is 0 Å². The van der Waals surface area contributed by atoms with Crippen molar-refractivity contribution in [3.05, 3.63) is 45.8 Å². The van der Waals surface area contributed by atoms with Gasteiger partial charge in [0.05, 0.1) is 0 Å². The molecule has 1 aromatic carbocycles. The summed E-state index contributed by atoms with van der Waals surface area (Å²) in [6.45, 7) is 3.77. The van der Waals surface area contributed by atoms with Crippen LogP contribution in [0, 0.1) is 3.57 Å². The van der Waals surface area contributed by atoms with Crippen molar-refractivity contribution < 1.29 is 4.74 Å². The molecule has 0 amide bonds. The maximum absolute atomic E-state index is 5.55. The number of nitrogens with one attached hydrogen (secondary N) is 1. The summed E-state index contributed by atoms with van der Waals surface area (Å²) >= 11 is 2.25. The molecule has 0 unspecified atom stereocenters. The fourth-order valence-corrected chi connectivity index (χ4v) is 1.72. The van der Waals surface area contributed by atoms with Gasteiger partial charge in [-0.3, -0.25) is 0 Å². The number of hydrogen-bond acceptors (Lipinski definition) is 4. The summed E-state index contributed by atoms with van der Waals surface area (Å²) in [5.74, 6) is 0.745. The third-order valence-corrected chi connectivity index (χ3v) is 3.00. The Labute approximate surface area is 120 Å². The van der Waals surface area contributed by atoms with Gasteiger partial charge >= 0.3 is 6.01 Å². The fraction of sp³-hybridized carbons (Fsp3) is 0.231. The zero-order valence-corrected chi connectivity index (χ0v) is 12.2. The van der Waals surface area contributed by atoms with Crippen LogP contribution >= 0.6 is 22.6 Å². The summed E-state index contributed by atoms with van der Waals surface area (Å²) in [5.41, 5.74) is 1.05. The van der Waals surface area contributed by atoms with Crippen LogP contribution < -0.4 is 10.1 Å². The fourth-order valence-electron chi connectivity index (χ4n) is 1.36. The molecule has 0 spiro atoms. The lowest BCUT2D eigenvalue weighted by molar-refractivity contribution is 0.440. The first-order chi connectivity index (χ1) is 8.78. The van der Waals surface area contributed by atoms with Gasteiger partial charge in [0, 0.05) is 28.1 Å². The van der Waals surface area contributed by atoms with E-state index in [4.69, 9.17) is 4.74 Å². The molecule has 5 heteroatoms. The third kappa shape index (κ3) is 3.92. The first kappa shape index (κ1) is 13.2. The van der Waals surface area contributed by atoms with Crippen LogP contribution in [0.5, 0.6) is 11.8 Å². The van der Waals surface area contributed by atoms with E-state index in [0.29, 0.717) is 6.01 Å². The Hall–Kier alpha value is -1.21. The Morgan fingerprint density at radius 3 is 2.44 bits per heavy atom. The van der Waals surface area contributed by atoms with E-state index < -0.39 is 0 Å². The molecule has 0 aliphatic rings. The topological polar surface area (TPSA) is 47.0 Å². The smallest absolute Gasteiger partial charge is 0.321 e. The summed E-state index contributed by atoms with van der Waals surface area (Å²) in [7, 11) is 0. The van der Waals surface area contributed by atoms with Crippen molar-refractivity contribution in [3.63, 3.8) is 0 Å². The average molecular weight is 355 g/mol. The monoisotopic (exact) mass is 355 g/mol. The van der Waals surface area contributed by atoms with Crippen molar-refractivity contribution in [1.29, 1.82) is 0 Å². The number of nitrogens with zero attached hydrogens (tertiary/aromatic N) is 2. The number of halogens is 1. The highest BCUT2D eigenvalue weighted by molar-refractivity contribution is 14.1. The molecular formula is C13H14IN3O. The van der Waals surface area contributed by atoms with E-state index >= 15 is 0 Å². The minimum absolute atomic E-state index is 0.372. The minimum Gasteiger partial charge on any atom is -0.424 e. The molecule has 0 radical (unpaired) electrons. The molecular weight excluding hydrogens is 341 g/mol. The maximum atomic E-state index is 5.55. The normalized spacial score (nSPS) is 10.3. The van der Waals surface area contributed by atoms with Gasteiger partial charge in [0.25, 0.3) is 0 Å². The Bertz CT molecular complexity index is 485. The predicted octanol–water partition coefficient (Wildman–Crippen LogP) is 2.98. The highest BCUT2D eigenvalue weighted by atomic mass is 127. The van der Waals surface area contributed by atoms with Crippen molar-refractivity contribution in [2.75, 3.05) is 6.54 Å². The van der Waals surface area contributed by atoms with E-state index in [-0.39, 0.29) is 0 Å². The zero-order valence-electron chi connectivity index (χ0n) is 10.1. The Kier molecular flexibility index (Phi) is 4.89. The van der Waals surface area contributed by atoms with Crippen LogP contribution in [0.4, 0.5) is 0 Å². The summed E-state index contributed by atoms with van der Waals surface area (Å²) in [4.78, 5) is 8.35. The van der Waals surface area contributed by atoms with E-state index in [1.807, 2.05) is 24.3 Å². The predicted molar refractivity (Wildman–Crippen MR) is 78.6 cm³/mol. The first-order valence-corrected chi connectivity index (χ1v) is 6.81. The van der Waals surface area contributed by atoms with Gasteiger partial charge in [0.15, 0.2) is 0 Å². The molecule has 1 heterocycles. The van der Waals surface area contributed by atoms with Crippen molar-refractivity contribution in [2.45, 2.75) is 13.5 Å². The Morgan fingerprint density at radius 2 is 1.83 bits per heavy atom. The minimum atomic E-state index is 0.372. The van der Waals surface area contributed by atoms with Gasteiger partial charge < -0.3 is 10.1 Å². The van der Waals surface area contributed by atoms with Crippen molar-refractivity contribution in [1.82, 2.24) is 15.3 Å². The molecule has 0 atom stereocenters. The molecule has 2 aromatic rings. The van der Waals surface area contributed by atoms with Crippen LogP contribution in [0.1, 0.15) is 12.5 Å². The second-order valence-corrected chi connectivity index (χ2v) is 4.96. The van der Waals surface area contributed by atoms with Crippen molar-refractivity contribution >= 4 is 22.6 Å². The van der Waals surface area contributed by atoms with Gasteiger partial charge in [-0.1, -0.05) is 6.92 Å². The van der Waals surface area contributed by atoms with Crippen LogP contribution in [-0.4, -0.2) is 16.5 Å². The molecule has 0 aliphatic heterocycles. The summed E-state index contributed by atoms with van der Waals surface area (Å²) in [6, 6.07) is 8.14. The quantitative estimate of drug-likeness (QED) is 0.838. The number of benzene rings is 1. The lowest BCUT2D eigenvalue weighted by atomic mass is 10.3. The van der Waals surface area contributed by atoms with E-state index in [9.17, 15) is 0 Å². The lowest BCUT2D eigenvalue weighted by Crippen LogP contribution is -2.12.